The first-order valence-corrected chi connectivity index (χ1v) is 7.59. The van der Waals surface area contributed by atoms with Crippen LogP contribution in [-0.4, -0.2) is 43.0 Å². The van der Waals surface area contributed by atoms with E-state index in [1.54, 1.807) is 17.9 Å². The Labute approximate surface area is 138 Å². The van der Waals surface area contributed by atoms with E-state index in [0.29, 0.717) is 32.1 Å². The Morgan fingerprint density at radius 3 is 2.54 bits per heavy atom. The van der Waals surface area contributed by atoms with E-state index in [0.717, 1.165) is 6.07 Å². The topological polar surface area (TPSA) is 71.8 Å². The Morgan fingerprint density at radius 2 is 1.92 bits per heavy atom. The van der Waals surface area contributed by atoms with Crippen molar-refractivity contribution in [2.75, 3.05) is 31.6 Å². The van der Waals surface area contributed by atoms with Crippen LogP contribution in [0.25, 0.3) is 0 Å². The lowest BCUT2D eigenvalue weighted by atomic mass is 10.1. The lowest BCUT2D eigenvalue weighted by Gasteiger charge is -2.27. The van der Waals surface area contributed by atoms with Crippen molar-refractivity contribution in [3.8, 4) is 0 Å². The lowest BCUT2D eigenvalue weighted by molar-refractivity contribution is 0.0300. The number of morpholine rings is 1. The molecule has 0 unspecified atom stereocenters. The molecule has 24 heavy (non-hydrogen) atoms. The number of halogens is 1. The standard InChI is InChI=1S/C17H17FN2O4/c1-11-2-5-15(24-11)16(21)19-12-3-4-13(14(18)10-12)17(22)20-6-8-23-9-7-20/h2-5,10H,6-9H2,1H3,(H,19,21). The summed E-state index contributed by atoms with van der Waals surface area (Å²) >= 11 is 0. The van der Waals surface area contributed by atoms with Crippen molar-refractivity contribution in [2.24, 2.45) is 0 Å². The zero-order valence-corrected chi connectivity index (χ0v) is 13.2. The molecule has 1 N–H and O–H groups in total. The van der Waals surface area contributed by atoms with Gasteiger partial charge in [0.1, 0.15) is 11.6 Å². The summed E-state index contributed by atoms with van der Waals surface area (Å²) in [5.41, 5.74) is 0.230. The maximum Gasteiger partial charge on any atom is 0.291 e. The number of carbonyl (C=O) groups excluding carboxylic acids is 2. The molecule has 1 aromatic carbocycles. The molecule has 0 aliphatic carbocycles. The van der Waals surface area contributed by atoms with Gasteiger partial charge in [0.25, 0.3) is 11.8 Å². The first-order valence-electron chi connectivity index (χ1n) is 7.59. The molecule has 0 spiro atoms. The van der Waals surface area contributed by atoms with Crippen LogP contribution in [0.5, 0.6) is 0 Å². The van der Waals surface area contributed by atoms with Crippen LogP contribution >= 0.6 is 0 Å². The van der Waals surface area contributed by atoms with Gasteiger partial charge in [0.15, 0.2) is 5.76 Å². The number of nitrogens with zero attached hydrogens (tertiary/aromatic N) is 1. The number of nitrogens with one attached hydrogen (secondary N) is 1. The highest BCUT2D eigenvalue weighted by molar-refractivity contribution is 6.02. The van der Waals surface area contributed by atoms with Crippen molar-refractivity contribution in [2.45, 2.75) is 6.92 Å². The Bertz CT molecular complexity index is 766. The third-order valence-electron chi connectivity index (χ3n) is 3.72. The Kier molecular flexibility index (Phi) is 4.61. The minimum Gasteiger partial charge on any atom is -0.456 e. The first-order chi connectivity index (χ1) is 11.5. The SMILES string of the molecule is Cc1ccc(C(=O)Nc2ccc(C(=O)N3CCOCC3)c(F)c2)o1. The second-order valence-corrected chi connectivity index (χ2v) is 5.46. The summed E-state index contributed by atoms with van der Waals surface area (Å²) in [6, 6.07) is 7.19. The molecule has 0 saturated carbocycles. The highest BCUT2D eigenvalue weighted by atomic mass is 19.1. The van der Waals surface area contributed by atoms with E-state index in [9.17, 15) is 14.0 Å². The summed E-state index contributed by atoms with van der Waals surface area (Å²) in [7, 11) is 0. The minimum absolute atomic E-state index is 0.0243. The molecule has 1 aromatic heterocycles. The van der Waals surface area contributed by atoms with Gasteiger partial charge >= 0.3 is 0 Å². The fourth-order valence-corrected chi connectivity index (χ4v) is 2.45. The van der Waals surface area contributed by atoms with Crippen molar-refractivity contribution < 1.29 is 23.1 Å². The van der Waals surface area contributed by atoms with Gasteiger partial charge in [-0.25, -0.2) is 4.39 Å². The molecule has 1 fully saturated rings. The number of carbonyl (C=O) groups is 2. The van der Waals surface area contributed by atoms with Crippen LogP contribution in [0.15, 0.2) is 34.7 Å². The minimum atomic E-state index is -0.681. The van der Waals surface area contributed by atoms with Crippen LogP contribution < -0.4 is 5.32 Å². The molecule has 6 nitrogen and oxygen atoms in total. The summed E-state index contributed by atoms with van der Waals surface area (Å²) in [6.45, 7) is 3.50. The van der Waals surface area contributed by atoms with E-state index in [-0.39, 0.29) is 22.9 Å². The maximum absolute atomic E-state index is 14.3. The molecule has 126 valence electrons. The third kappa shape index (κ3) is 3.46. The molecule has 2 aromatic rings. The smallest absolute Gasteiger partial charge is 0.291 e. The van der Waals surface area contributed by atoms with E-state index < -0.39 is 11.7 Å². The van der Waals surface area contributed by atoms with Crippen LogP contribution in [0, 0.1) is 12.7 Å². The quantitative estimate of drug-likeness (QED) is 0.937. The van der Waals surface area contributed by atoms with E-state index in [4.69, 9.17) is 9.15 Å². The van der Waals surface area contributed by atoms with E-state index in [2.05, 4.69) is 5.32 Å². The summed E-state index contributed by atoms with van der Waals surface area (Å²) in [6.07, 6.45) is 0. The van der Waals surface area contributed by atoms with Gasteiger partial charge in [-0.15, -0.1) is 0 Å². The molecule has 2 amide bonds. The molecule has 7 heteroatoms. The summed E-state index contributed by atoms with van der Waals surface area (Å²) in [5.74, 6) is -0.788. The molecular formula is C17H17FN2O4. The van der Waals surface area contributed by atoms with E-state index in [1.165, 1.54) is 18.2 Å². The predicted molar refractivity (Wildman–Crippen MR) is 84.5 cm³/mol. The van der Waals surface area contributed by atoms with Crippen LogP contribution in [0.3, 0.4) is 0 Å². The van der Waals surface area contributed by atoms with Gasteiger partial charge in [0.2, 0.25) is 0 Å². The molecule has 1 saturated heterocycles. The Hall–Kier alpha value is -2.67. The van der Waals surface area contributed by atoms with Crippen molar-refractivity contribution in [1.29, 1.82) is 0 Å². The summed E-state index contributed by atoms with van der Waals surface area (Å²) in [5, 5.41) is 2.54. The fraction of sp³-hybridized carbons (Fsp3) is 0.294. The fourth-order valence-electron chi connectivity index (χ4n) is 2.45. The van der Waals surface area contributed by atoms with E-state index in [1.807, 2.05) is 0 Å². The number of amides is 2. The number of rotatable bonds is 3. The van der Waals surface area contributed by atoms with Gasteiger partial charge in [0.05, 0.1) is 18.8 Å². The molecule has 0 atom stereocenters. The molecule has 3 rings (SSSR count). The van der Waals surface area contributed by atoms with Gasteiger partial charge in [-0.1, -0.05) is 0 Å². The second kappa shape index (κ2) is 6.84. The van der Waals surface area contributed by atoms with Crippen molar-refractivity contribution >= 4 is 17.5 Å². The Morgan fingerprint density at radius 1 is 1.17 bits per heavy atom. The summed E-state index contributed by atoms with van der Waals surface area (Å²) < 4.78 is 24.6. The lowest BCUT2D eigenvalue weighted by Crippen LogP contribution is -2.41. The van der Waals surface area contributed by atoms with Gasteiger partial charge in [-0.3, -0.25) is 9.59 Å². The molecular weight excluding hydrogens is 315 g/mol. The number of hydrogen-bond donors (Lipinski definition) is 1. The molecule has 0 bridgehead atoms. The monoisotopic (exact) mass is 332 g/mol. The van der Waals surface area contributed by atoms with Gasteiger partial charge in [-0.2, -0.15) is 0 Å². The number of furan rings is 1. The number of hydrogen-bond acceptors (Lipinski definition) is 4. The van der Waals surface area contributed by atoms with Crippen molar-refractivity contribution in [3.05, 3.63) is 53.2 Å². The molecule has 1 aliphatic heterocycles. The number of benzene rings is 1. The molecule has 0 radical (unpaired) electrons. The summed E-state index contributed by atoms with van der Waals surface area (Å²) in [4.78, 5) is 25.8. The zero-order chi connectivity index (χ0) is 17.1. The second-order valence-electron chi connectivity index (χ2n) is 5.46. The van der Waals surface area contributed by atoms with Crippen LogP contribution in [0.4, 0.5) is 10.1 Å². The van der Waals surface area contributed by atoms with Gasteiger partial charge in [0, 0.05) is 18.8 Å². The largest absolute Gasteiger partial charge is 0.456 e. The predicted octanol–water partition coefficient (Wildman–Crippen LogP) is 2.45. The number of anilines is 1. The first kappa shape index (κ1) is 16.2. The van der Waals surface area contributed by atoms with Gasteiger partial charge < -0.3 is 19.4 Å². The normalized spacial score (nSPS) is 14.5. The third-order valence-corrected chi connectivity index (χ3v) is 3.72. The average molecular weight is 332 g/mol. The highest BCUT2D eigenvalue weighted by Crippen LogP contribution is 2.18. The van der Waals surface area contributed by atoms with Gasteiger partial charge in [-0.05, 0) is 37.3 Å². The highest BCUT2D eigenvalue weighted by Gasteiger charge is 2.22. The van der Waals surface area contributed by atoms with Crippen LogP contribution in [0.1, 0.15) is 26.7 Å². The van der Waals surface area contributed by atoms with Crippen molar-refractivity contribution in [1.82, 2.24) is 4.90 Å². The maximum atomic E-state index is 14.3. The van der Waals surface area contributed by atoms with Crippen molar-refractivity contribution in [3.63, 3.8) is 0 Å². The van der Waals surface area contributed by atoms with E-state index >= 15 is 0 Å². The average Bonchev–Trinajstić information content (AvgIpc) is 3.02. The van der Waals surface area contributed by atoms with Crippen LogP contribution in [0.2, 0.25) is 0 Å². The zero-order valence-electron chi connectivity index (χ0n) is 13.2. The Balaban J connectivity index is 1.72. The van der Waals surface area contributed by atoms with Crippen LogP contribution in [-0.2, 0) is 4.74 Å². The molecule has 2 heterocycles. The number of ether oxygens (including phenoxy) is 1. The number of aryl methyl sites for hydroxylation is 1. The molecule has 1 aliphatic rings.